The third-order valence-corrected chi connectivity index (χ3v) is 6.66. The number of ether oxygens (including phenoxy) is 1. The number of fused-ring (bicyclic) bond motifs is 1. The van der Waals surface area contributed by atoms with Gasteiger partial charge in [0.15, 0.2) is 0 Å². The van der Waals surface area contributed by atoms with Crippen molar-refractivity contribution in [3.63, 3.8) is 0 Å². The van der Waals surface area contributed by atoms with E-state index in [0.29, 0.717) is 6.04 Å². The van der Waals surface area contributed by atoms with Crippen LogP contribution >= 0.6 is 0 Å². The van der Waals surface area contributed by atoms with Crippen LogP contribution in [0.25, 0.3) is 5.57 Å². The van der Waals surface area contributed by atoms with Crippen molar-refractivity contribution >= 4 is 5.57 Å². The lowest BCUT2D eigenvalue weighted by atomic mass is 9.77. The summed E-state index contributed by atoms with van der Waals surface area (Å²) < 4.78 is 6.11. The molecule has 1 N–H and O–H groups in total. The lowest BCUT2D eigenvalue weighted by molar-refractivity contribution is 0.103. The average molecular weight is 426 g/mol. The smallest absolute Gasteiger partial charge is 0.0598 e. The van der Waals surface area contributed by atoms with E-state index in [4.69, 9.17) is 4.74 Å². The number of benzene rings is 3. The highest BCUT2D eigenvalue weighted by Gasteiger charge is 2.40. The van der Waals surface area contributed by atoms with Gasteiger partial charge in [0.05, 0.1) is 6.61 Å². The van der Waals surface area contributed by atoms with Crippen molar-refractivity contribution in [1.29, 1.82) is 0 Å². The Bertz CT molecular complexity index is 1040. The van der Waals surface area contributed by atoms with Gasteiger partial charge < -0.3 is 10.1 Å². The van der Waals surface area contributed by atoms with E-state index in [1.807, 2.05) is 0 Å². The molecule has 0 aliphatic heterocycles. The molecule has 0 amide bonds. The summed E-state index contributed by atoms with van der Waals surface area (Å²) in [5, 5.41) is 3.46. The van der Waals surface area contributed by atoms with Gasteiger partial charge in [-0.1, -0.05) is 84.9 Å². The maximum Gasteiger partial charge on any atom is 0.0598 e. The third kappa shape index (κ3) is 4.87. The fourth-order valence-electron chi connectivity index (χ4n) is 5.08. The fourth-order valence-corrected chi connectivity index (χ4v) is 5.08. The van der Waals surface area contributed by atoms with Gasteiger partial charge in [-0.25, -0.2) is 0 Å². The van der Waals surface area contributed by atoms with Crippen LogP contribution < -0.4 is 5.32 Å². The SMILES string of the molecule is CCOCC1(CC(C)NC)C=C(Cc2ccccc2)c2c(Cc3ccccc3)cccc21. The molecule has 2 nitrogen and oxygen atoms in total. The molecule has 0 fully saturated rings. The first kappa shape index (κ1) is 22.5. The summed E-state index contributed by atoms with van der Waals surface area (Å²) in [6.45, 7) is 5.81. The third-order valence-electron chi connectivity index (χ3n) is 6.66. The zero-order valence-electron chi connectivity index (χ0n) is 19.6. The van der Waals surface area contributed by atoms with Crippen LogP contribution in [0, 0.1) is 0 Å². The molecule has 0 spiro atoms. The van der Waals surface area contributed by atoms with E-state index in [1.54, 1.807) is 0 Å². The Hall–Kier alpha value is -2.68. The zero-order chi connectivity index (χ0) is 22.4. The monoisotopic (exact) mass is 425 g/mol. The van der Waals surface area contributed by atoms with E-state index < -0.39 is 0 Å². The van der Waals surface area contributed by atoms with Crippen LogP contribution in [0.2, 0.25) is 0 Å². The highest BCUT2D eigenvalue weighted by atomic mass is 16.5. The molecule has 0 saturated heterocycles. The summed E-state index contributed by atoms with van der Waals surface area (Å²) in [5.41, 5.74) is 8.30. The summed E-state index contributed by atoms with van der Waals surface area (Å²) >= 11 is 0. The van der Waals surface area contributed by atoms with Gasteiger partial charge in [0.2, 0.25) is 0 Å². The topological polar surface area (TPSA) is 21.3 Å². The van der Waals surface area contributed by atoms with Crippen LogP contribution in [0.4, 0.5) is 0 Å². The molecular formula is C30H35NO. The molecule has 2 unspecified atom stereocenters. The van der Waals surface area contributed by atoms with Crippen LogP contribution in [0.1, 0.15) is 48.1 Å². The molecule has 0 aromatic heterocycles. The summed E-state index contributed by atoms with van der Waals surface area (Å²) in [4.78, 5) is 0. The Morgan fingerprint density at radius 1 is 0.844 bits per heavy atom. The fraction of sp³-hybridized carbons (Fsp3) is 0.333. The highest BCUT2D eigenvalue weighted by Crippen LogP contribution is 2.47. The van der Waals surface area contributed by atoms with Crippen LogP contribution in [0.3, 0.4) is 0 Å². The van der Waals surface area contributed by atoms with Crippen LogP contribution in [0.5, 0.6) is 0 Å². The molecule has 32 heavy (non-hydrogen) atoms. The minimum absolute atomic E-state index is 0.107. The maximum atomic E-state index is 6.11. The van der Waals surface area contributed by atoms with E-state index in [1.165, 1.54) is 33.4 Å². The Morgan fingerprint density at radius 3 is 2.12 bits per heavy atom. The Kier molecular flexibility index (Phi) is 7.24. The second-order valence-electron chi connectivity index (χ2n) is 9.02. The summed E-state index contributed by atoms with van der Waals surface area (Å²) in [6.07, 6.45) is 5.44. The normalized spacial score (nSPS) is 18.3. The van der Waals surface area contributed by atoms with E-state index in [9.17, 15) is 0 Å². The van der Waals surface area contributed by atoms with Crippen molar-refractivity contribution in [2.45, 2.75) is 44.6 Å². The molecule has 3 aromatic rings. The van der Waals surface area contributed by atoms with Gasteiger partial charge in [0.1, 0.15) is 0 Å². The van der Waals surface area contributed by atoms with Crippen LogP contribution in [-0.2, 0) is 23.0 Å². The van der Waals surface area contributed by atoms with Crippen molar-refractivity contribution in [2.75, 3.05) is 20.3 Å². The lowest BCUT2D eigenvalue weighted by Gasteiger charge is -2.32. The van der Waals surface area contributed by atoms with Gasteiger partial charge in [-0.3, -0.25) is 0 Å². The van der Waals surface area contributed by atoms with Crippen molar-refractivity contribution in [3.05, 3.63) is 113 Å². The first-order chi connectivity index (χ1) is 15.6. The first-order valence-electron chi connectivity index (χ1n) is 11.8. The molecule has 1 aliphatic rings. The van der Waals surface area contributed by atoms with E-state index >= 15 is 0 Å². The highest BCUT2D eigenvalue weighted by molar-refractivity contribution is 5.80. The Labute approximate surface area is 193 Å². The largest absolute Gasteiger partial charge is 0.380 e. The second-order valence-corrected chi connectivity index (χ2v) is 9.02. The minimum atomic E-state index is -0.107. The Balaban J connectivity index is 1.82. The molecule has 2 heteroatoms. The van der Waals surface area contributed by atoms with Crippen LogP contribution in [0.15, 0.2) is 84.9 Å². The molecule has 0 radical (unpaired) electrons. The van der Waals surface area contributed by atoms with Crippen molar-refractivity contribution in [2.24, 2.45) is 0 Å². The van der Waals surface area contributed by atoms with Crippen molar-refractivity contribution in [3.8, 4) is 0 Å². The molecule has 0 saturated carbocycles. The van der Waals surface area contributed by atoms with Crippen LogP contribution in [-0.4, -0.2) is 26.3 Å². The molecule has 166 valence electrons. The number of hydrogen-bond acceptors (Lipinski definition) is 2. The van der Waals surface area contributed by atoms with Gasteiger partial charge >= 0.3 is 0 Å². The van der Waals surface area contributed by atoms with Gasteiger partial charge in [0, 0.05) is 18.1 Å². The average Bonchev–Trinajstić information content (AvgIpc) is 3.13. The Morgan fingerprint density at radius 2 is 1.50 bits per heavy atom. The summed E-state index contributed by atoms with van der Waals surface area (Å²) in [6, 6.07) is 28.9. The molecule has 0 heterocycles. The molecule has 4 rings (SSSR count). The second kappa shape index (κ2) is 10.3. The minimum Gasteiger partial charge on any atom is -0.380 e. The number of nitrogens with one attached hydrogen (secondary N) is 1. The van der Waals surface area contributed by atoms with Crippen molar-refractivity contribution < 1.29 is 4.74 Å². The van der Waals surface area contributed by atoms with Gasteiger partial charge in [-0.15, -0.1) is 0 Å². The van der Waals surface area contributed by atoms with E-state index in [0.717, 1.165) is 32.5 Å². The zero-order valence-corrected chi connectivity index (χ0v) is 19.6. The lowest BCUT2D eigenvalue weighted by Crippen LogP contribution is -2.36. The maximum absolute atomic E-state index is 6.11. The van der Waals surface area contributed by atoms with Gasteiger partial charge in [-0.05, 0) is 73.5 Å². The standard InChI is InChI=1S/C30H35NO/c1-4-32-22-30(20-23(2)31-3)21-27(19-25-14-9-6-10-15-25)29-26(16-11-17-28(29)30)18-24-12-7-5-8-13-24/h5-17,21,23,31H,4,18-20,22H2,1-3H3. The van der Waals surface area contributed by atoms with Gasteiger partial charge in [0.25, 0.3) is 0 Å². The summed E-state index contributed by atoms with van der Waals surface area (Å²) in [5.74, 6) is 0. The molecule has 2 atom stereocenters. The van der Waals surface area contributed by atoms with E-state index in [2.05, 4.69) is 111 Å². The molecular weight excluding hydrogens is 390 g/mol. The quantitative estimate of drug-likeness (QED) is 0.418. The number of allylic oxidation sites excluding steroid dienone is 1. The predicted molar refractivity (Wildman–Crippen MR) is 135 cm³/mol. The molecule has 0 bridgehead atoms. The number of rotatable bonds is 10. The molecule has 3 aromatic carbocycles. The first-order valence-corrected chi connectivity index (χ1v) is 11.8. The van der Waals surface area contributed by atoms with Gasteiger partial charge in [-0.2, -0.15) is 0 Å². The number of hydrogen-bond donors (Lipinski definition) is 1. The van der Waals surface area contributed by atoms with Crippen molar-refractivity contribution in [1.82, 2.24) is 5.32 Å². The summed E-state index contributed by atoms with van der Waals surface area (Å²) in [7, 11) is 2.05. The molecule has 1 aliphatic carbocycles. The predicted octanol–water partition coefficient (Wildman–Crippen LogP) is 6.19. The van der Waals surface area contributed by atoms with E-state index in [-0.39, 0.29) is 5.41 Å².